The lowest BCUT2D eigenvalue weighted by Gasteiger charge is -2.21. The van der Waals surface area contributed by atoms with Gasteiger partial charge in [0.05, 0.1) is 35.4 Å². The molecular formula is C25H23N3O4S. The van der Waals surface area contributed by atoms with Crippen molar-refractivity contribution >= 4 is 44.3 Å². The van der Waals surface area contributed by atoms with Crippen molar-refractivity contribution in [2.75, 3.05) is 20.3 Å². The van der Waals surface area contributed by atoms with Crippen molar-refractivity contribution in [2.24, 2.45) is 0 Å². The highest BCUT2D eigenvalue weighted by molar-refractivity contribution is 7.20. The van der Waals surface area contributed by atoms with E-state index in [1.807, 2.05) is 37.4 Å². The van der Waals surface area contributed by atoms with Crippen LogP contribution in [0.3, 0.4) is 0 Å². The molecule has 3 heterocycles. The second-order valence-electron chi connectivity index (χ2n) is 7.88. The van der Waals surface area contributed by atoms with Crippen molar-refractivity contribution in [2.45, 2.75) is 26.7 Å². The molecular weight excluding hydrogens is 438 g/mol. The quantitative estimate of drug-likeness (QED) is 0.448. The monoisotopic (exact) mass is 461 g/mol. The number of aromatic nitrogens is 2. The molecule has 1 N–H and O–H groups in total. The molecule has 1 aliphatic rings. The fourth-order valence-corrected chi connectivity index (χ4v) is 5.49. The van der Waals surface area contributed by atoms with E-state index >= 15 is 0 Å². The van der Waals surface area contributed by atoms with Crippen molar-refractivity contribution in [3.63, 3.8) is 0 Å². The third kappa shape index (κ3) is 3.60. The first-order valence-corrected chi connectivity index (χ1v) is 11.7. The molecule has 2 aromatic carbocycles. The van der Waals surface area contributed by atoms with Crippen LogP contribution in [0.25, 0.3) is 32.2 Å². The van der Waals surface area contributed by atoms with Gasteiger partial charge in [0.1, 0.15) is 5.75 Å². The Balaban J connectivity index is 1.84. The summed E-state index contributed by atoms with van der Waals surface area (Å²) >= 11 is 1.32. The van der Waals surface area contributed by atoms with Crippen LogP contribution >= 0.6 is 11.3 Å². The van der Waals surface area contributed by atoms with Crippen molar-refractivity contribution in [3.05, 3.63) is 52.2 Å². The van der Waals surface area contributed by atoms with Crippen molar-refractivity contribution in [3.8, 4) is 16.9 Å². The number of fused-ring (bicyclic) bond motifs is 1. The number of carbonyl (C=O) groups is 2. The van der Waals surface area contributed by atoms with Crippen LogP contribution in [0.15, 0.2) is 30.5 Å². The highest BCUT2D eigenvalue weighted by Gasteiger charge is 2.24. The van der Waals surface area contributed by atoms with Gasteiger partial charge in [-0.25, -0.2) is 4.98 Å². The lowest BCUT2D eigenvalue weighted by atomic mass is 9.90. The topological polar surface area (TPSA) is 90.4 Å². The molecule has 0 radical (unpaired) electrons. The number of amides is 1. The van der Waals surface area contributed by atoms with E-state index in [2.05, 4.69) is 10.3 Å². The number of hydrogen-bond donors (Lipinski definition) is 1. The predicted octanol–water partition coefficient (Wildman–Crippen LogP) is 4.22. The zero-order valence-corrected chi connectivity index (χ0v) is 19.5. The van der Waals surface area contributed by atoms with Gasteiger partial charge in [0, 0.05) is 36.2 Å². The van der Waals surface area contributed by atoms with E-state index in [0.717, 1.165) is 55.5 Å². The molecule has 33 heavy (non-hydrogen) atoms. The normalized spacial score (nSPS) is 12.6. The molecule has 0 bridgehead atoms. The van der Waals surface area contributed by atoms with E-state index in [1.54, 1.807) is 14.0 Å². The van der Waals surface area contributed by atoms with Crippen LogP contribution in [-0.4, -0.2) is 42.1 Å². The first kappa shape index (κ1) is 21.3. The summed E-state index contributed by atoms with van der Waals surface area (Å²) < 4.78 is 12.0. The Morgan fingerprint density at radius 2 is 2.12 bits per heavy atom. The van der Waals surface area contributed by atoms with Crippen LogP contribution in [0.5, 0.6) is 5.75 Å². The summed E-state index contributed by atoms with van der Waals surface area (Å²) in [7, 11) is 1.59. The van der Waals surface area contributed by atoms with Crippen molar-refractivity contribution < 1.29 is 19.1 Å². The molecule has 7 nitrogen and oxygen atoms in total. The van der Waals surface area contributed by atoms with Gasteiger partial charge in [0.25, 0.3) is 5.91 Å². The Morgan fingerprint density at radius 1 is 1.27 bits per heavy atom. The Labute approximate surface area is 194 Å². The SMILES string of the molecule is CCOC(=O)Cc1c(C)cc2nc(C(=O)NC)sc2c1-c1ccc2c3c(ccnc13)CCO2. The van der Waals surface area contributed by atoms with E-state index in [4.69, 9.17) is 14.5 Å². The van der Waals surface area contributed by atoms with Crippen LogP contribution in [0, 0.1) is 6.92 Å². The summed E-state index contributed by atoms with van der Waals surface area (Å²) in [5.74, 6) is 0.278. The van der Waals surface area contributed by atoms with Crippen LogP contribution < -0.4 is 10.1 Å². The summed E-state index contributed by atoms with van der Waals surface area (Å²) in [6.45, 7) is 4.71. The largest absolute Gasteiger partial charge is 0.493 e. The number of esters is 1. The maximum absolute atomic E-state index is 12.5. The molecule has 0 saturated carbocycles. The standard InChI is InChI=1S/C25H23N3O4S/c1-4-31-19(29)12-16-13(2)11-17-23(33-25(28-17)24(30)26-3)21(16)15-5-6-18-20-14(8-10-32-18)7-9-27-22(15)20/h5-7,9,11H,4,8,10,12H2,1-3H3,(H,26,30). The van der Waals surface area contributed by atoms with E-state index < -0.39 is 0 Å². The first-order valence-electron chi connectivity index (χ1n) is 10.9. The summed E-state index contributed by atoms with van der Waals surface area (Å²) in [5.41, 5.74) is 6.25. The summed E-state index contributed by atoms with van der Waals surface area (Å²) in [6, 6.07) is 7.91. The molecule has 0 spiro atoms. The summed E-state index contributed by atoms with van der Waals surface area (Å²) in [4.78, 5) is 34.2. The van der Waals surface area contributed by atoms with Gasteiger partial charge in [0.2, 0.25) is 0 Å². The predicted molar refractivity (Wildman–Crippen MR) is 128 cm³/mol. The van der Waals surface area contributed by atoms with Gasteiger partial charge in [-0.2, -0.15) is 0 Å². The molecule has 4 aromatic rings. The fourth-order valence-electron chi connectivity index (χ4n) is 4.41. The maximum atomic E-state index is 12.5. The zero-order chi connectivity index (χ0) is 23.1. The third-order valence-electron chi connectivity index (χ3n) is 5.90. The van der Waals surface area contributed by atoms with Gasteiger partial charge < -0.3 is 14.8 Å². The highest BCUT2D eigenvalue weighted by atomic mass is 32.1. The average Bonchev–Trinajstić information content (AvgIpc) is 3.24. The number of thiazole rings is 1. The molecule has 1 amide bonds. The third-order valence-corrected chi connectivity index (χ3v) is 6.99. The number of pyridine rings is 1. The van der Waals surface area contributed by atoms with Gasteiger partial charge in [-0.1, -0.05) is 0 Å². The van der Waals surface area contributed by atoms with E-state index in [0.29, 0.717) is 18.2 Å². The minimum Gasteiger partial charge on any atom is -0.493 e. The number of carbonyl (C=O) groups excluding carboxylic acids is 2. The Morgan fingerprint density at radius 3 is 2.91 bits per heavy atom. The maximum Gasteiger partial charge on any atom is 0.310 e. The molecule has 1 aliphatic heterocycles. The Kier molecular flexibility index (Phi) is 5.46. The van der Waals surface area contributed by atoms with Crippen LogP contribution in [0.4, 0.5) is 0 Å². The first-order chi connectivity index (χ1) is 16.0. The summed E-state index contributed by atoms with van der Waals surface area (Å²) in [5, 5.41) is 4.02. The molecule has 5 rings (SSSR count). The van der Waals surface area contributed by atoms with Gasteiger partial charge in [-0.05, 0) is 54.8 Å². The minimum atomic E-state index is -0.295. The van der Waals surface area contributed by atoms with E-state index in [9.17, 15) is 9.59 Å². The molecule has 0 aliphatic carbocycles. The van der Waals surface area contributed by atoms with Gasteiger partial charge in [0.15, 0.2) is 5.01 Å². The number of nitrogens with one attached hydrogen (secondary N) is 1. The van der Waals surface area contributed by atoms with Crippen molar-refractivity contribution in [1.29, 1.82) is 0 Å². The second kappa shape index (κ2) is 8.44. The lowest BCUT2D eigenvalue weighted by Crippen LogP contribution is -2.17. The zero-order valence-electron chi connectivity index (χ0n) is 18.7. The Bertz CT molecular complexity index is 1420. The molecule has 2 aromatic heterocycles. The smallest absolute Gasteiger partial charge is 0.310 e. The molecule has 168 valence electrons. The number of benzene rings is 2. The lowest BCUT2D eigenvalue weighted by molar-refractivity contribution is -0.142. The number of nitrogens with zero attached hydrogens (tertiary/aromatic N) is 2. The Hall–Kier alpha value is -3.52. The fraction of sp³-hybridized carbons (Fsp3) is 0.280. The molecule has 0 fully saturated rings. The van der Waals surface area contributed by atoms with Gasteiger partial charge in [-0.15, -0.1) is 11.3 Å². The molecule has 0 unspecified atom stereocenters. The molecule has 8 heteroatoms. The van der Waals surface area contributed by atoms with Crippen LogP contribution in [-0.2, 0) is 22.4 Å². The molecule has 0 atom stereocenters. The molecule has 0 saturated heterocycles. The van der Waals surface area contributed by atoms with Crippen LogP contribution in [0.1, 0.15) is 33.4 Å². The van der Waals surface area contributed by atoms with E-state index in [1.165, 1.54) is 16.9 Å². The van der Waals surface area contributed by atoms with Gasteiger partial charge >= 0.3 is 5.97 Å². The van der Waals surface area contributed by atoms with Crippen LogP contribution in [0.2, 0.25) is 0 Å². The van der Waals surface area contributed by atoms with E-state index in [-0.39, 0.29) is 18.3 Å². The van der Waals surface area contributed by atoms with Crippen molar-refractivity contribution in [1.82, 2.24) is 15.3 Å². The number of ether oxygens (including phenoxy) is 2. The summed E-state index contributed by atoms with van der Waals surface area (Å²) in [6.07, 6.45) is 2.75. The number of aryl methyl sites for hydroxylation is 1. The van der Waals surface area contributed by atoms with Gasteiger partial charge in [-0.3, -0.25) is 14.6 Å². The number of rotatable bonds is 5. The second-order valence-corrected chi connectivity index (χ2v) is 8.88. The number of hydrogen-bond acceptors (Lipinski definition) is 7. The average molecular weight is 462 g/mol. The minimum absolute atomic E-state index is 0.123. The highest BCUT2D eigenvalue weighted by Crippen LogP contribution is 2.43.